The van der Waals surface area contributed by atoms with Crippen LogP contribution in [-0.2, 0) is 0 Å². The van der Waals surface area contributed by atoms with Gasteiger partial charge in [0.15, 0.2) is 0 Å². The molecule has 0 spiro atoms. The summed E-state index contributed by atoms with van der Waals surface area (Å²) in [5.74, 6) is 2.81. The molecule has 3 heteroatoms. The van der Waals surface area contributed by atoms with Crippen molar-refractivity contribution in [3.63, 3.8) is 0 Å². The Kier molecular flexibility index (Phi) is 4.04. The van der Waals surface area contributed by atoms with Crippen molar-refractivity contribution in [1.82, 2.24) is 9.80 Å². The van der Waals surface area contributed by atoms with Crippen molar-refractivity contribution in [1.29, 1.82) is 0 Å². The van der Waals surface area contributed by atoms with Crippen LogP contribution in [0, 0.1) is 11.8 Å². The van der Waals surface area contributed by atoms with Crippen molar-refractivity contribution in [2.75, 3.05) is 46.4 Å². The minimum absolute atomic E-state index is 0.803. The van der Waals surface area contributed by atoms with Crippen molar-refractivity contribution in [2.24, 2.45) is 11.8 Å². The average molecular weight is 260 g/mol. The molecule has 0 aromatic heterocycles. The summed E-state index contributed by atoms with van der Waals surface area (Å²) < 4.78 is 5.79. The van der Waals surface area contributed by atoms with E-state index in [2.05, 4.69) is 16.8 Å². The summed E-state index contributed by atoms with van der Waals surface area (Å²) in [6.45, 7) is 6.94. The Balaban J connectivity index is 1.42. The third kappa shape index (κ3) is 3.28. The Bertz CT molecular complexity index is 395. The molecule has 2 aliphatic heterocycles. The molecule has 104 valence electrons. The molecule has 2 unspecified atom stereocenters. The number of piperidine rings is 1. The predicted molar refractivity (Wildman–Crippen MR) is 77.5 cm³/mol. The lowest BCUT2D eigenvalue weighted by molar-refractivity contribution is 0.127. The largest absolute Gasteiger partial charge is 0.492 e. The molecule has 19 heavy (non-hydrogen) atoms. The normalized spacial score (nSPS) is 28.3. The molecule has 1 aromatic carbocycles. The van der Waals surface area contributed by atoms with E-state index in [-0.39, 0.29) is 0 Å². The van der Waals surface area contributed by atoms with Crippen molar-refractivity contribution >= 4 is 0 Å². The zero-order chi connectivity index (χ0) is 13.1. The quantitative estimate of drug-likeness (QED) is 0.823. The second kappa shape index (κ2) is 5.93. The number of benzene rings is 1. The van der Waals surface area contributed by atoms with E-state index in [1.54, 1.807) is 0 Å². The fraction of sp³-hybridized carbons (Fsp3) is 0.625. The van der Waals surface area contributed by atoms with Gasteiger partial charge in [-0.1, -0.05) is 18.2 Å². The maximum atomic E-state index is 5.79. The molecule has 3 rings (SSSR count). The second-order valence-corrected chi connectivity index (χ2v) is 5.99. The Morgan fingerprint density at radius 3 is 2.74 bits per heavy atom. The lowest BCUT2D eigenvalue weighted by atomic mass is 9.89. The summed E-state index contributed by atoms with van der Waals surface area (Å²) in [5, 5.41) is 0. The number of likely N-dealkylation sites (tertiary alicyclic amines) is 2. The number of fused-ring (bicyclic) bond motifs is 1. The van der Waals surface area contributed by atoms with Crippen molar-refractivity contribution in [2.45, 2.75) is 6.42 Å². The van der Waals surface area contributed by atoms with Gasteiger partial charge in [-0.25, -0.2) is 0 Å². The summed E-state index contributed by atoms with van der Waals surface area (Å²) in [4.78, 5) is 5.06. The molecule has 1 aromatic rings. The molecule has 0 bridgehead atoms. The predicted octanol–water partition coefficient (Wildman–Crippen LogP) is 1.95. The second-order valence-electron chi connectivity index (χ2n) is 5.99. The summed E-state index contributed by atoms with van der Waals surface area (Å²) in [7, 11) is 2.25. The number of nitrogens with zero attached hydrogens (tertiary/aromatic N) is 2. The van der Waals surface area contributed by atoms with Gasteiger partial charge >= 0.3 is 0 Å². The van der Waals surface area contributed by atoms with Gasteiger partial charge in [0.1, 0.15) is 12.4 Å². The van der Waals surface area contributed by atoms with Crippen LogP contribution in [0.3, 0.4) is 0 Å². The summed E-state index contributed by atoms with van der Waals surface area (Å²) in [5.41, 5.74) is 0. The van der Waals surface area contributed by atoms with Crippen LogP contribution in [0.4, 0.5) is 0 Å². The highest BCUT2D eigenvalue weighted by Gasteiger charge is 2.35. The van der Waals surface area contributed by atoms with Gasteiger partial charge in [0, 0.05) is 26.2 Å². The molecule has 0 saturated carbocycles. The Morgan fingerprint density at radius 1 is 1.11 bits per heavy atom. The minimum Gasteiger partial charge on any atom is -0.492 e. The van der Waals surface area contributed by atoms with Gasteiger partial charge in [0.2, 0.25) is 0 Å². The SMILES string of the molecule is CN1CC2CCN(CCOc3ccccc3)CC2C1. The van der Waals surface area contributed by atoms with Crippen molar-refractivity contribution in [3.05, 3.63) is 30.3 Å². The highest BCUT2D eigenvalue weighted by Crippen LogP contribution is 2.29. The highest BCUT2D eigenvalue weighted by molar-refractivity contribution is 5.20. The van der Waals surface area contributed by atoms with Gasteiger partial charge < -0.3 is 9.64 Å². The van der Waals surface area contributed by atoms with Crippen molar-refractivity contribution in [3.8, 4) is 5.75 Å². The molecular weight excluding hydrogens is 236 g/mol. The van der Waals surface area contributed by atoms with E-state index in [0.717, 1.165) is 30.7 Å². The van der Waals surface area contributed by atoms with E-state index in [9.17, 15) is 0 Å². The van der Waals surface area contributed by atoms with Gasteiger partial charge in [-0.15, -0.1) is 0 Å². The van der Waals surface area contributed by atoms with Crippen LogP contribution < -0.4 is 4.74 Å². The van der Waals surface area contributed by atoms with E-state index in [1.165, 1.54) is 32.6 Å². The van der Waals surface area contributed by atoms with Crippen LogP contribution in [0.1, 0.15) is 6.42 Å². The maximum absolute atomic E-state index is 5.79. The number of ether oxygens (including phenoxy) is 1. The number of hydrogen-bond donors (Lipinski definition) is 0. The Labute approximate surface area is 116 Å². The van der Waals surface area contributed by atoms with Gasteiger partial charge in [0.05, 0.1) is 0 Å². The van der Waals surface area contributed by atoms with Crippen LogP contribution in [0.25, 0.3) is 0 Å². The van der Waals surface area contributed by atoms with Crippen LogP contribution in [0.15, 0.2) is 30.3 Å². The maximum Gasteiger partial charge on any atom is 0.119 e. The van der Waals surface area contributed by atoms with Crippen LogP contribution in [-0.4, -0.2) is 56.2 Å². The van der Waals surface area contributed by atoms with E-state index < -0.39 is 0 Å². The van der Waals surface area contributed by atoms with Crippen LogP contribution in [0.5, 0.6) is 5.75 Å². The fourth-order valence-electron chi connectivity index (χ4n) is 3.49. The summed E-state index contributed by atoms with van der Waals surface area (Å²) >= 11 is 0. The van der Waals surface area contributed by atoms with E-state index in [1.807, 2.05) is 30.3 Å². The first-order valence-electron chi connectivity index (χ1n) is 7.40. The topological polar surface area (TPSA) is 15.7 Å². The molecule has 0 amide bonds. The zero-order valence-corrected chi connectivity index (χ0v) is 11.8. The first kappa shape index (κ1) is 12.9. The standard InChI is InChI=1S/C16H24N2O/c1-17-11-14-7-8-18(13-15(14)12-17)9-10-19-16-5-3-2-4-6-16/h2-6,14-15H,7-13H2,1H3. The molecule has 0 aliphatic carbocycles. The highest BCUT2D eigenvalue weighted by atomic mass is 16.5. The molecule has 0 radical (unpaired) electrons. The molecule has 2 atom stereocenters. The minimum atomic E-state index is 0.803. The van der Waals surface area contributed by atoms with Gasteiger partial charge in [-0.2, -0.15) is 0 Å². The summed E-state index contributed by atoms with van der Waals surface area (Å²) in [6.07, 6.45) is 1.36. The van der Waals surface area contributed by atoms with E-state index >= 15 is 0 Å². The van der Waals surface area contributed by atoms with E-state index in [0.29, 0.717) is 0 Å². The van der Waals surface area contributed by atoms with Crippen molar-refractivity contribution < 1.29 is 4.74 Å². The monoisotopic (exact) mass is 260 g/mol. The lowest BCUT2D eigenvalue weighted by Gasteiger charge is -2.34. The third-order valence-corrected chi connectivity index (χ3v) is 4.49. The Hall–Kier alpha value is -1.06. The number of para-hydroxylation sites is 1. The molecule has 2 fully saturated rings. The molecule has 2 heterocycles. The molecule has 3 nitrogen and oxygen atoms in total. The van der Waals surface area contributed by atoms with Gasteiger partial charge in [-0.05, 0) is 44.0 Å². The molecule has 2 saturated heterocycles. The molecule has 2 aliphatic rings. The fourth-order valence-corrected chi connectivity index (χ4v) is 3.49. The first-order chi connectivity index (χ1) is 9.31. The van der Waals surface area contributed by atoms with Gasteiger partial charge in [0.25, 0.3) is 0 Å². The first-order valence-corrected chi connectivity index (χ1v) is 7.40. The van der Waals surface area contributed by atoms with Crippen LogP contribution in [0.2, 0.25) is 0 Å². The van der Waals surface area contributed by atoms with E-state index in [4.69, 9.17) is 4.74 Å². The summed E-state index contributed by atoms with van der Waals surface area (Å²) in [6, 6.07) is 10.1. The zero-order valence-electron chi connectivity index (χ0n) is 11.8. The molecule has 0 N–H and O–H groups in total. The number of rotatable bonds is 4. The van der Waals surface area contributed by atoms with Crippen LogP contribution >= 0.6 is 0 Å². The molecular formula is C16H24N2O. The average Bonchev–Trinajstić information content (AvgIpc) is 2.79. The number of hydrogen-bond acceptors (Lipinski definition) is 3. The van der Waals surface area contributed by atoms with Gasteiger partial charge in [-0.3, -0.25) is 4.90 Å². The Morgan fingerprint density at radius 2 is 1.89 bits per heavy atom. The lowest BCUT2D eigenvalue weighted by Crippen LogP contribution is -2.41. The third-order valence-electron chi connectivity index (χ3n) is 4.49. The smallest absolute Gasteiger partial charge is 0.119 e.